The van der Waals surface area contributed by atoms with Crippen molar-refractivity contribution in [2.45, 2.75) is 40.7 Å². The molecular weight excluding hydrogens is 476 g/mol. The highest BCUT2D eigenvalue weighted by Crippen LogP contribution is 2.42. The second-order valence-electron chi connectivity index (χ2n) is 10.8. The molecule has 1 aliphatic heterocycles. The summed E-state index contributed by atoms with van der Waals surface area (Å²) in [5.74, 6) is 1.24. The van der Waals surface area contributed by atoms with Gasteiger partial charge in [0.2, 0.25) is 0 Å². The maximum Gasteiger partial charge on any atom is 0.137 e. The van der Waals surface area contributed by atoms with Crippen LogP contribution in [-0.2, 0) is 0 Å². The molecule has 2 unspecified atom stereocenters. The summed E-state index contributed by atoms with van der Waals surface area (Å²) in [4.78, 5) is 5.02. The van der Waals surface area contributed by atoms with Crippen molar-refractivity contribution in [1.29, 1.82) is 0 Å². The molecule has 194 valence electrons. The van der Waals surface area contributed by atoms with Gasteiger partial charge in [-0.25, -0.2) is 4.99 Å². The molecule has 39 heavy (non-hydrogen) atoms. The van der Waals surface area contributed by atoms with Crippen LogP contribution in [0.15, 0.2) is 112 Å². The van der Waals surface area contributed by atoms with Crippen LogP contribution in [0.1, 0.15) is 30.5 Å². The zero-order chi connectivity index (χ0) is 27.1. The molecule has 1 N–H and O–H groups in total. The number of nitrogens with zero attached hydrogens (tertiary/aromatic N) is 1. The van der Waals surface area contributed by atoms with Crippen LogP contribution in [-0.4, -0.2) is 6.04 Å². The Kier molecular flexibility index (Phi) is 6.44. The van der Waals surface area contributed by atoms with Gasteiger partial charge in [-0.2, -0.15) is 0 Å². The third kappa shape index (κ3) is 4.70. The second-order valence-corrected chi connectivity index (χ2v) is 10.8. The molecule has 0 bridgehead atoms. The lowest BCUT2D eigenvalue weighted by Gasteiger charge is -2.27. The summed E-state index contributed by atoms with van der Waals surface area (Å²) in [5.41, 5.74) is 11.3. The van der Waals surface area contributed by atoms with E-state index in [2.05, 4.69) is 137 Å². The summed E-state index contributed by atoms with van der Waals surface area (Å²) < 4.78 is 6.64. The lowest BCUT2D eigenvalue weighted by atomic mass is 9.90. The smallest absolute Gasteiger partial charge is 0.137 e. The maximum absolute atomic E-state index is 6.64. The SMILES string of the molecule is CC1=CC=CC(C)C1Nc1ccc2c(-c3ccccc3C)c3ccc(=Nc4c(C)cccc4C)cc-3oc2c1. The van der Waals surface area contributed by atoms with E-state index in [9.17, 15) is 0 Å². The Labute approximate surface area is 230 Å². The van der Waals surface area contributed by atoms with Gasteiger partial charge in [0.05, 0.1) is 17.1 Å². The van der Waals surface area contributed by atoms with Crippen molar-refractivity contribution in [2.24, 2.45) is 10.9 Å². The number of rotatable bonds is 4. The summed E-state index contributed by atoms with van der Waals surface area (Å²) in [5, 5.41) is 5.74. The van der Waals surface area contributed by atoms with Crippen LogP contribution < -0.4 is 10.7 Å². The first-order valence-electron chi connectivity index (χ1n) is 13.7. The first-order valence-corrected chi connectivity index (χ1v) is 13.7. The number of anilines is 1. The molecule has 3 aliphatic rings. The van der Waals surface area contributed by atoms with Crippen molar-refractivity contribution < 1.29 is 4.42 Å². The van der Waals surface area contributed by atoms with E-state index in [1.54, 1.807) is 0 Å². The van der Waals surface area contributed by atoms with E-state index >= 15 is 0 Å². The van der Waals surface area contributed by atoms with Gasteiger partial charge in [-0.15, -0.1) is 0 Å². The summed E-state index contributed by atoms with van der Waals surface area (Å²) in [7, 11) is 0. The van der Waals surface area contributed by atoms with Gasteiger partial charge in [-0.3, -0.25) is 0 Å². The minimum absolute atomic E-state index is 0.256. The molecule has 0 spiro atoms. The number of fused-ring (bicyclic) bond motifs is 2. The summed E-state index contributed by atoms with van der Waals surface area (Å²) >= 11 is 0. The predicted octanol–water partition coefficient (Wildman–Crippen LogP) is 9.29. The van der Waals surface area contributed by atoms with Gasteiger partial charge in [0.1, 0.15) is 11.3 Å². The molecular formula is C36H34N2O. The Balaban J connectivity index is 1.56. The molecule has 6 rings (SSSR count). The lowest BCUT2D eigenvalue weighted by molar-refractivity contribution is 0.617. The zero-order valence-electron chi connectivity index (χ0n) is 23.2. The van der Waals surface area contributed by atoms with Crippen LogP contribution in [0.2, 0.25) is 0 Å². The van der Waals surface area contributed by atoms with E-state index in [0.29, 0.717) is 5.92 Å². The molecule has 3 aromatic carbocycles. The van der Waals surface area contributed by atoms with Gasteiger partial charge in [0.25, 0.3) is 0 Å². The van der Waals surface area contributed by atoms with Gasteiger partial charge >= 0.3 is 0 Å². The highest BCUT2D eigenvalue weighted by molar-refractivity contribution is 6.03. The first kappa shape index (κ1) is 24.9. The molecule has 2 atom stereocenters. The number of hydrogen-bond acceptors (Lipinski definition) is 3. The molecule has 0 saturated carbocycles. The van der Waals surface area contributed by atoms with Gasteiger partial charge in [0.15, 0.2) is 0 Å². The van der Waals surface area contributed by atoms with Crippen molar-refractivity contribution >= 4 is 22.3 Å². The molecule has 2 aliphatic carbocycles. The number of aryl methyl sites for hydroxylation is 3. The third-order valence-corrected chi connectivity index (χ3v) is 7.91. The molecule has 3 aromatic rings. The molecule has 0 radical (unpaired) electrons. The van der Waals surface area contributed by atoms with Crippen LogP contribution in [0, 0.1) is 26.7 Å². The Bertz CT molecular complexity index is 1780. The molecule has 0 amide bonds. The van der Waals surface area contributed by atoms with Crippen LogP contribution >= 0.6 is 0 Å². The van der Waals surface area contributed by atoms with Gasteiger partial charge in [-0.1, -0.05) is 73.2 Å². The number of benzene rings is 4. The van der Waals surface area contributed by atoms with E-state index < -0.39 is 0 Å². The third-order valence-electron chi connectivity index (χ3n) is 7.91. The van der Waals surface area contributed by atoms with E-state index in [-0.39, 0.29) is 6.04 Å². The fourth-order valence-corrected chi connectivity index (χ4v) is 5.73. The lowest BCUT2D eigenvalue weighted by Crippen LogP contribution is -2.28. The van der Waals surface area contributed by atoms with Crippen molar-refractivity contribution in [3.63, 3.8) is 0 Å². The monoisotopic (exact) mass is 510 g/mol. The zero-order valence-corrected chi connectivity index (χ0v) is 23.2. The molecule has 0 fully saturated rings. The number of nitrogens with one attached hydrogen (secondary N) is 1. The minimum atomic E-state index is 0.256. The van der Waals surface area contributed by atoms with E-state index in [0.717, 1.165) is 50.2 Å². The standard InChI is InChI=1S/C36H34N2O/c1-22-10-6-7-15-29(22)34-30-18-16-27(37-35-23(2)11-8-12-24(35)3)20-32(30)39-33-21-28(17-19-31(33)34)38-36-25(4)13-9-14-26(36)5/h6-21,23,35,37H,1-5H3. The topological polar surface area (TPSA) is 37.5 Å². The van der Waals surface area contributed by atoms with E-state index in [1.807, 2.05) is 0 Å². The summed E-state index contributed by atoms with van der Waals surface area (Å²) in [6, 6.07) is 28.0. The quantitative estimate of drug-likeness (QED) is 0.245. The predicted molar refractivity (Wildman–Crippen MR) is 164 cm³/mol. The molecule has 3 heteroatoms. The molecule has 1 heterocycles. The van der Waals surface area contributed by atoms with Crippen molar-refractivity contribution in [3.8, 4) is 22.5 Å². The number of allylic oxidation sites excluding steroid dienone is 2. The van der Waals surface area contributed by atoms with Gasteiger partial charge < -0.3 is 9.73 Å². The van der Waals surface area contributed by atoms with Crippen molar-refractivity contribution in [3.05, 3.63) is 125 Å². The largest absolute Gasteiger partial charge is 0.456 e. The second kappa shape index (κ2) is 10.1. The highest BCUT2D eigenvalue weighted by atomic mass is 16.3. The fourth-order valence-electron chi connectivity index (χ4n) is 5.73. The number of para-hydroxylation sites is 1. The van der Waals surface area contributed by atoms with Crippen LogP contribution in [0.4, 0.5) is 11.4 Å². The summed E-state index contributed by atoms with van der Waals surface area (Å²) in [6.07, 6.45) is 6.59. The van der Waals surface area contributed by atoms with Crippen LogP contribution in [0.25, 0.3) is 33.4 Å². The molecule has 3 nitrogen and oxygen atoms in total. The highest BCUT2D eigenvalue weighted by Gasteiger charge is 2.21. The summed E-state index contributed by atoms with van der Waals surface area (Å²) in [6.45, 7) is 10.8. The van der Waals surface area contributed by atoms with E-state index in [4.69, 9.17) is 9.41 Å². The minimum Gasteiger partial charge on any atom is -0.456 e. The van der Waals surface area contributed by atoms with Crippen LogP contribution in [0.3, 0.4) is 0 Å². The first-order chi connectivity index (χ1) is 18.9. The average Bonchev–Trinajstić information content (AvgIpc) is 2.92. The Morgan fingerprint density at radius 3 is 2.31 bits per heavy atom. The van der Waals surface area contributed by atoms with Gasteiger partial charge in [-0.05, 0) is 80.1 Å². The maximum atomic E-state index is 6.64. The number of hydrogen-bond donors (Lipinski definition) is 1. The van der Waals surface area contributed by atoms with Crippen molar-refractivity contribution in [1.82, 2.24) is 0 Å². The van der Waals surface area contributed by atoms with Crippen molar-refractivity contribution in [2.75, 3.05) is 5.32 Å². The van der Waals surface area contributed by atoms with Crippen LogP contribution in [0.5, 0.6) is 0 Å². The Hall–Kier alpha value is -4.37. The van der Waals surface area contributed by atoms with E-state index in [1.165, 1.54) is 22.3 Å². The Morgan fingerprint density at radius 2 is 1.54 bits per heavy atom. The van der Waals surface area contributed by atoms with Gasteiger partial charge in [0, 0.05) is 34.3 Å². The normalized spacial score (nSPS) is 17.6. The fraction of sp³-hybridized carbons (Fsp3) is 0.194. The average molecular weight is 511 g/mol. The Morgan fingerprint density at radius 1 is 0.769 bits per heavy atom. The molecule has 0 aromatic heterocycles. The molecule has 0 saturated heterocycles.